The SMILES string of the molecule is CC(C)c1cc(-c2ccc(-c3ccccc3)cc2)cc(C(C)C)c1-n1ccnc1-c1[c-]ccc2c1oc1ccccc12.[C-]#[N+]c1csc(-c2ccnc(-c3[c-]cccc3)c2)c1.[Ir]. The maximum atomic E-state index is 7.01. The third-order valence-corrected chi connectivity index (χ3v) is 11.9. The molecular weight excluding hydrogens is 957 g/mol. The Labute approximate surface area is 380 Å². The van der Waals surface area contributed by atoms with Crippen molar-refractivity contribution in [3.63, 3.8) is 0 Å². The third kappa shape index (κ3) is 8.46. The number of para-hydroxylation sites is 1. The average Bonchev–Trinajstić information content (AvgIpc) is 4.09. The molecule has 5 nitrogen and oxygen atoms in total. The van der Waals surface area contributed by atoms with E-state index in [0.717, 1.165) is 55.0 Å². The van der Waals surface area contributed by atoms with Gasteiger partial charge in [0.1, 0.15) is 5.58 Å². The van der Waals surface area contributed by atoms with Crippen LogP contribution in [0.1, 0.15) is 50.7 Å². The number of imidazole rings is 1. The molecule has 7 heteroatoms. The van der Waals surface area contributed by atoms with Crippen LogP contribution in [0.4, 0.5) is 5.69 Å². The Morgan fingerprint density at radius 3 is 2.03 bits per heavy atom. The van der Waals surface area contributed by atoms with Gasteiger partial charge in [0.25, 0.3) is 0 Å². The summed E-state index contributed by atoms with van der Waals surface area (Å²) in [7, 11) is 0. The predicted octanol–water partition coefficient (Wildman–Crippen LogP) is 15.6. The molecule has 0 amide bonds. The number of pyridine rings is 1. The van der Waals surface area contributed by atoms with Gasteiger partial charge in [-0.15, -0.1) is 54.1 Å². The number of thiophene rings is 1. The van der Waals surface area contributed by atoms with Crippen molar-refractivity contribution >= 4 is 39.0 Å². The molecule has 305 valence electrons. The van der Waals surface area contributed by atoms with Crippen LogP contribution in [0.25, 0.3) is 87.8 Å². The number of rotatable bonds is 8. The summed E-state index contributed by atoms with van der Waals surface area (Å²) in [5.74, 6) is 1.45. The van der Waals surface area contributed by atoms with Crippen LogP contribution in [0.3, 0.4) is 0 Å². The molecule has 0 saturated carbocycles. The maximum absolute atomic E-state index is 7.01. The van der Waals surface area contributed by atoms with E-state index in [2.05, 4.69) is 145 Å². The van der Waals surface area contributed by atoms with Crippen molar-refractivity contribution in [2.24, 2.45) is 0 Å². The predicted molar refractivity (Wildman–Crippen MR) is 252 cm³/mol. The van der Waals surface area contributed by atoms with Gasteiger partial charge in [-0.3, -0.25) is 4.98 Å². The Bertz CT molecular complexity index is 3130. The van der Waals surface area contributed by atoms with Crippen molar-refractivity contribution in [1.29, 1.82) is 0 Å². The molecule has 4 heterocycles. The summed E-state index contributed by atoms with van der Waals surface area (Å²) in [6.45, 7) is 16.1. The third-order valence-electron chi connectivity index (χ3n) is 10.9. The molecule has 6 aromatic carbocycles. The Morgan fingerprint density at radius 1 is 0.645 bits per heavy atom. The van der Waals surface area contributed by atoms with Crippen molar-refractivity contribution in [2.75, 3.05) is 0 Å². The van der Waals surface area contributed by atoms with Crippen molar-refractivity contribution < 1.29 is 24.5 Å². The number of benzene rings is 6. The Morgan fingerprint density at radius 2 is 1.34 bits per heavy atom. The van der Waals surface area contributed by atoms with Crippen LogP contribution >= 0.6 is 11.3 Å². The fraction of sp³-hybridized carbons (Fsp3) is 0.109. The quantitative estimate of drug-likeness (QED) is 0.143. The fourth-order valence-corrected chi connectivity index (χ4v) is 8.66. The van der Waals surface area contributed by atoms with Gasteiger partial charge in [-0.05, 0) is 92.2 Å². The first kappa shape index (κ1) is 42.0. The van der Waals surface area contributed by atoms with Gasteiger partial charge < -0.3 is 14.0 Å². The molecule has 10 rings (SSSR count). The molecule has 62 heavy (non-hydrogen) atoms. The molecule has 0 fully saturated rings. The minimum Gasteiger partial charge on any atom is -0.501 e. The summed E-state index contributed by atoms with van der Waals surface area (Å²) in [5.41, 5.74) is 14.9. The second-order valence-electron chi connectivity index (χ2n) is 15.6. The zero-order valence-corrected chi connectivity index (χ0v) is 38.0. The average molecular weight is 999 g/mol. The molecule has 0 aliphatic rings. The van der Waals surface area contributed by atoms with Gasteiger partial charge in [-0.25, -0.2) is 4.85 Å². The normalized spacial score (nSPS) is 11.0. The minimum atomic E-state index is 0. The molecule has 0 bridgehead atoms. The largest absolute Gasteiger partial charge is 0.501 e. The van der Waals surface area contributed by atoms with Crippen LogP contribution in [-0.4, -0.2) is 14.5 Å². The summed E-state index contributed by atoms with van der Waals surface area (Å²) in [5, 5.41) is 4.06. The number of hydrogen-bond acceptors (Lipinski definition) is 4. The fourth-order valence-electron chi connectivity index (χ4n) is 7.84. The molecule has 0 unspecified atom stereocenters. The van der Waals surface area contributed by atoms with Gasteiger partial charge in [0, 0.05) is 54.6 Å². The van der Waals surface area contributed by atoms with Crippen LogP contribution in [0.15, 0.2) is 174 Å². The minimum absolute atomic E-state index is 0. The first-order valence-electron chi connectivity index (χ1n) is 20.5. The topological polar surface area (TPSA) is 48.2 Å². The Balaban J connectivity index is 0.000000221. The number of hydrogen-bond donors (Lipinski definition) is 0. The summed E-state index contributed by atoms with van der Waals surface area (Å²) < 4.78 is 8.63. The van der Waals surface area contributed by atoms with Crippen LogP contribution < -0.4 is 0 Å². The molecule has 0 aliphatic carbocycles. The van der Waals surface area contributed by atoms with E-state index in [-0.39, 0.29) is 20.1 Å². The first-order chi connectivity index (χ1) is 29.9. The van der Waals surface area contributed by atoms with E-state index in [0.29, 0.717) is 17.5 Å². The Hall–Kier alpha value is -6.68. The molecule has 0 atom stereocenters. The van der Waals surface area contributed by atoms with E-state index in [4.69, 9.17) is 16.0 Å². The zero-order valence-electron chi connectivity index (χ0n) is 34.8. The number of furan rings is 1. The van der Waals surface area contributed by atoms with Crippen LogP contribution in [-0.2, 0) is 20.1 Å². The summed E-state index contributed by atoms with van der Waals surface area (Å²) in [6, 6.07) is 56.8. The molecule has 0 aliphatic heterocycles. The summed E-state index contributed by atoms with van der Waals surface area (Å²) >= 11 is 1.58. The molecule has 1 radical (unpaired) electrons. The van der Waals surface area contributed by atoms with E-state index in [1.807, 2.05) is 72.2 Å². The van der Waals surface area contributed by atoms with Crippen LogP contribution in [0.2, 0.25) is 0 Å². The van der Waals surface area contributed by atoms with Crippen molar-refractivity contribution in [1.82, 2.24) is 14.5 Å². The van der Waals surface area contributed by atoms with Gasteiger partial charge in [-0.2, -0.15) is 11.3 Å². The van der Waals surface area contributed by atoms with Crippen molar-refractivity contribution in [3.05, 3.63) is 204 Å². The van der Waals surface area contributed by atoms with Crippen molar-refractivity contribution in [3.8, 4) is 61.0 Å². The molecule has 0 spiro atoms. The maximum Gasteiger partial charge on any atom is 0.198 e. The smallest absolute Gasteiger partial charge is 0.198 e. The van der Waals surface area contributed by atoms with Crippen LogP contribution in [0.5, 0.6) is 0 Å². The molecule has 0 saturated heterocycles. The van der Waals surface area contributed by atoms with Gasteiger partial charge >= 0.3 is 0 Å². The second-order valence-corrected chi connectivity index (χ2v) is 16.5. The first-order valence-corrected chi connectivity index (χ1v) is 21.3. The van der Waals surface area contributed by atoms with Crippen LogP contribution in [0, 0.1) is 18.7 Å². The van der Waals surface area contributed by atoms with Gasteiger partial charge in [-0.1, -0.05) is 118 Å². The molecule has 4 aromatic heterocycles. The molecule has 10 aromatic rings. The standard InChI is InChI=1S/C39H33N2O.C16H9N2S.Ir/c1-25(2)34-23-30(29-19-17-28(18-20-29)27-11-6-5-7-12-27)24-35(26(3)4)37(34)41-22-21-40-39(41)33-15-10-14-32-31-13-8-9-16-36(31)42-38(32)33;1-17-14-10-16(19-11-14)13-7-8-18-15(9-13)12-5-3-2-4-6-12;/h5-14,16-26H,1-4H3;2-5,7-11H;/q2*-1;. The monoisotopic (exact) mass is 999 g/mol. The van der Waals surface area contributed by atoms with E-state index < -0.39 is 0 Å². The second kappa shape index (κ2) is 18.5. The van der Waals surface area contributed by atoms with Crippen molar-refractivity contribution in [2.45, 2.75) is 39.5 Å². The number of fused-ring (bicyclic) bond motifs is 3. The van der Waals surface area contributed by atoms with Gasteiger partial charge in [0.2, 0.25) is 0 Å². The molecular formula is C55H42IrN4OS-2. The van der Waals surface area contributed by atoms with E-state index >= 15 is 0 Å². The van der Waals surface area contributed by atoms with E-state index in [1.54, 1.807) is 17.5 Å². The summed E-state index contributed by atoms with van der Waals surface area (Å²) in [4.78, 5) is 13.8. The number of aromatic nitrogens is 3. The molecule has 0 N–H and O–H groups in total. The van der Waals surface area contributed by atoms with E-state index in [1.165, 1.54) is 39.1 Å². The number of nitrogens with zero attached hydrogens (tertiary/aromatic N) is 4. The zero-order chi connectivity index (χ0) is 41.9. The van der Waals surface area contributed by atoms with Gasteiger partial charge in [0.15, 0.2) is 5.69 Å². The summed E-state index contributed by atoms with van der Waals surface area (Å²) in [6.07, 6.45) is 5.75. The van der Waals surface area contributed by atoms with E-state index in [9.17, 15) is 0 Å². The van der Waals surface area contributed by atoms with Gasteiger partial charge in [0.05, 0.1) is 18.0 Å². The Kier molecular flexibility index (Phi) is 12.6.